The van der Waals surface area contributed by atoms with Gasteiger partial charge in [-0.3, -0.25) is 9.78 Å². The number of nitrogens with one attached hydrogen (secondary N) is 2. The number of aromatic nitrogens is 4. The average molecular weight is 786 g/mol. The molecule has 0 unspecified atom stereocenters. The van der Waals surface area contributed by atoms with E-state index in [4.69, 9.17) is 14.7 Å². The number of aryl methyl sites for hydroxylation is 3. The van der Waals surface area contributed by atoms with E-state index in [1.165, 1.54) is 22.9 Å². The molecule has 0 aromatic carbocycles. The summed E-state index contributed by atoms with van der Waals surface area (Å²) in [5.74, 6) is 0.897. The maximum Gasteiger partial charge on any atom is 0.222 e. The molecule has 3 aromatic rings. The second kappa shape index (κ2) is 17.8. The topological polar surface area (TPSA) is 168 Å². The first-order valence-electron chi connectivity index (χ1n) is 20.0. The molecular weight excluding hydrogens is 727 g/mol. The third-order valence-electron chi connectivity index (χ3n) is 12.0. The predicted molar refractivity (Wildman–Crippen MR) is 226 cm³/mol. The van der Waals surface area contributed by atoms with Crippen LogP contribution >= 0.6 is 11.8 Å². The highest BCUT2D eigenvalue weighted by atomic mass is 32.2. The molecule has 7 atom stereocenters. The predicted octanol–water partition coefficient (Wildman–Crippen LogP) is 6.84. The van der Waals surface area contributed by atoms with Crippen LogP contribution in [-0.2, 0) is 16.0 Å². The van der Waals surface area contributed by atoms with Gasteiger partial charge in [-0.1, -0.05) is 32.9 Å². The molecule has 8 bridgehead atoms. The highest BCUT2D eigenvalue weighted by Gasteiger charge is 2.43. The minimum absolute atomic E-state index is 0.0400. The highest BCUT2D eigenvalue weighted by Crippen LogP contribution is 2.42. The summed E-state index contributed by atoms with van der Waals surface area (Å²) in [4.78, 5) is 33.1. The lowest BCUT2D eigenvalue weighted by Crippen LogP contribution is -2.57. The molecule has 0 spiro atoms. The first-order valence-corrected chi connectivity index (χ1v) is 21.0. The number of aromatic amines is 2. The number of rotatable bonds is 13. The lowest BCUT2D eigenvalue weighted by molar-refractivity contribution is -0.205. The second-order valence-electron chi connectivity index (χ2n) is 15.7. The Labute approximate surface area is 334 Å². The Bertz CT molecular complexity index is 2140. The molecule has 3 aromatic heterocycles. The summed E-state index contributed by atoms with van der Waals surface area (Å²) in [6.45, 7) is 17.2. The van der Waals surface area contributed by atoms with Crippen molar-refractivity contribution in [3.8, 4) is 0 Å². The molecule has 56 heavy (non-hydrogen) atoms. The summed E-state index contributed by atoms with van der Waals surface area (Å²) >= 11 is 1.36. The number of nitrogens with zero attached hydrogens (tertiary/aromatic N) is 3. The molecule has 1 amide bonds. The fraction of sp³-hybridized carbons (Fsp3) is 0.523. The number of carbonyl (C=O) groups is 1. The van der Waals surface area contributed by atoms with Gasteiger partial charge < -0.3 is 40.0 Å². The Morgan fingerprint density at radius 3 is 2.39 bits per heavy atom. The van der Waals surface area contributed by atoms with Crippen molar-refractivity contribution in [3.63, 3.8) is 0 Å². The van der Waals surface area contributed by atoms with Crippen LogP contribution in [0.5, 0.6) is 0 Å². The summed E-state index contributed by atoms with van der Waals surface area (Å²) in [5.41, 5.74) is 14.0. The molecule has 0 saturated carbocycles. The third-order valence-corrected chi connectivity index (χ3v) is 13.3. The van der Waals surface area contributed by atoms with E-state index in [-0.39, 0.29) is 17.7 Å². The van der Waals surface area contributed by atoms with Gasteiger partial charge in [0, 0.05) is 70.9 Å². The van der Waals surface area contributed by atoms with E-state index in [1.807, 2.05) is 18.0 Å². The molecule has 0 aliphatic carbocycles. The van der Waals surface area contributed by atoms with E-state index >= 15 is 0 Å². The zero-order valence-electron chi connectivity index (χ0n) is 33.9. The number of amides is 1. The fourth-order valence-electron chi connectivity index (χ4n) is 8.31. The fourth-order valence-corrected chi connectivity index (χ4v) is 9.49. The van der Waals surface area contributed by atoms with Crippen molar-refractivity contribution in [1.29, 1.82) is 0 Å². The Kier molecular flexibility index (Phi) is 13.3. The van der Waals surface area contributed by atoms with Gasteiger partial charge in [-0.2, -0.15) is 0 Å². The van der Waals surface area contributed by atoms with Crippen LogP contribution in [-0.4, -0.2) is 107 Å². The summed E-state index contributed by atoms with van der Waals surface area (Å²) < 4.78 is 5.60. The molecule has 0 radical (unpaired) electrons. The number of allylic oxidation sites excluding steroid dienone is 1. The Hall–Kier alpha value is -3.78. The van der Waals surface area contributed by atoms with Gasteiger partial charge in [0.05, 0.1) is 18.0 Å². The lowest BCUT2D eigenvalue weighted by Gasteiger charge is -2.39. The van der Waals surface area contributed by atoms with E-state index in [0.717, 1.165) is 92.8 Å². The van der Waals surface area contributed by atoms with Crippen LogP contribution in [0.3, 0.4) is 0 Å². The van der Waals surface area contributed by atoms with Gasteiger partial charge in [0.15, 0.2) is 0 Å². The highest BCUT2D eigenvalue weighted by molar-refractivity contribution is 7.99. The minimum atomic E-state index is -1.36. The van der Waals surface area contributed by atoms with E-state index in [1.54, 1.807) is 0 Å². The zero-order valence-corrected chi connectivity index (χ0v) is 34.7. The van der Waals surface area contributed by atoms with Crippen LogP contribution in [0.4, 0.5) is 0 Å². The average Bonchev–Trinajstić information content (AvgIpc) is 3.89. The number of aliphatic hydroxyl groups excluding tert-OH is 4. The van der Waals surface area contributed by atoms with E-state index in [2.05, 4.69) is 82.4 Å². The molecule has 12 heteroatoms. The van der Waals surface area contributed by atoms with Gasteiger partial charge in [0.2, 0.25) is 5.91 Å². The number of unbranched alkanes of at least 4 members (excludes halogenated alkanes) is 2. The Balaban J connectivity index is 1.19. The van der Waals surface area contributed by atoms with Gasteiger partial charge in [0.25, 0.3) is 0 Å². The van der Waals surface area contributed by atoms with E-state index in [9.17, 15) is 25.2 Å². The lowest BCUT2D eigenvalue weighted by atomic mass is 9.85. The molecule has 3 aliphatic rings. The summed E-state index contributed by atoms with van der Waals surface area (Å²) in [6, 6.07) is 6.51. The van der Waals surface area contributed by atoms with E-state index < -0.39 is 36.5 Å². The number of hydrogen-bond donors (Lipinski definition) is 6. The van der Waals surface area contributed by atoms with Crippen molar-refractivity contribution >= 4 is 57.5 Å². The minimum Gasteiger partial charge on any atom is -0.394 e. The molecule has 1 fully saturated rings. The van der Waals surface area contributed by atoms with Gasteiger partial charge in [0.1, 0.15) is 29.9 Å². The molecular formula is C44H59N5O6S. The van der Waals surface area contributed by atoms with Crippen molar-refractivity contribution in [2.75, 3.05) is 26.0 Å². The number of fused-ring (bicyclic) bond motifs is 8. The molecule has 6 N–H and O–H groups in total. The van der Waals surface area contributed by atoms with Gasteiger partial charge >= 0.3 is 0 Å². The maximum atomic E-state index is 13.5. The maximum absolute atomic E-state index is 13.5. The summed E-state index contributed by atoms with van der Waals surface area (Å²) in [6.07, 6.45) is 3.72. The standard InChI is InChI=1S/C44H59N5O6S/c1-9-28-25(5)34-21-37-29(10-2)24(4)33(46-37)20-35-26(6)30(40(48-35)27(7)32-18-23(3)31(45-32)19-36(28)47-34)14-15-39(51)49(8)16-12-11-13-17-56-44-43(54)42(53)41(52)38(22-50)55-44/h10,18-21,26,30,38,41-44,46-47,50,52-54H,2,9,11-17,22H2,1,3-8H3/t26-,30-,38+,41+,42-,43+,44-/m0/s1. The number of aliphatic hydroxyl groups is 4. The molecule has 6 rings (SSSR count). The molecule has 302 valence electrons. The van der Waals surface area contributed by atoms with Crippen molar-refractivity contribution in [2.24, 2.45) is 0 Å². The van der Waals surface area contributed by atoms with Crippen molar-refractivity contribution in [3.05, 3.63) is 75.4 Å². The first kappa shape index (κ1) is 41.8. The second-order valence-corrected chi connectivity index (χ2v) is 16.9. The molecule has 11 nitrogen and oxygen atoms in total. The molecule has 3 aliphatic heterocycles. The third kappa shape index (κ3) is 8.42. The number of H-pyrrole nitrogens is 2. The van der Waals surface area contributed by atoms with E-state index in [0.29, 0.717) is 25.1 Å². The first-order chi connectivity index (χ1) is 26.8. The Morgan fingerprint density at radius 2 is 1.68 bits per heavy atom. The number of carbonyl (C=O) groups excluding carboxylic acids is 1. The number of hydrogen-bond acceptors (Lipinski definition) is 9. The summed E-state index contributed by atoms with van der Waals surface area (Å²) in [7, 11) is 1.86. The molecule has 6 heterocycles. The van der Waals surface area contributed by atoms with Gasteiger partial charge in [-0.15, -0.1) is 11.8 Å². The van der Waals surface area contributed by atoms with Crippen LogP contribution in [0.25, 0.3) is 39.8 Å². The van der Waals surface area contributed by atoms with Crippen molar-refractivity contribution in [1.82, 2.24) is 24.8 Å². The zero-order chi connectivity index (χ0) is 40.4. The van der Waals surface area contributed by atoms with Crippen LogP contribution in [0.1, 0.15) is 115 Å². The molecule has 1 saturated heterocycles. The van der Waals surface area contributed by atoms with Crippen LogP contribution in [0, 0.1) is 20.8 Å². The smallest absolute Gasteiger partial charge is 0.222 e. The SMILES string of the molecule is C=Cc1c(C)c2cc3nc(c(C)c4nc(cc5[nH]c(cc1[nH]2)c(C)c5CC)C(C)=C4)[C@@H](CCC(=O)N(C)CCCCCS[C@@H]1O[C@H](CO)[C@@H](O)[C@H](O)[C@H]1O)[C@@H]3C. The quantitative estimate of drug-likeness (QED) is 0.102. The Morgan fingerprint density at radius 1 is 0.946 bits per heavy atom. The monoisotopic (exact) mass is 785 g/mol. The largest absolute Gasteiger partial charge is 0.394 e. The number of ether oxygens (including phenoxy) is 1. The normalized spacial score (nSPS) is 23.6. The van der Waals surface area contributed by atoms with Crippen LogP contribution < -0.4 is 0 Å². The number of thioether (sulfide) groups is 1. The van der Waals surface area contributed by atoms with Crippen molar-refractivity contribution in [2.45, 2.75) is 122 Å². The van der Waals surface area contributed by atoms with Crippen LogP contribution in [0.2, 0.25) is 0 Å². The van der Waals surface area contributed by atoms with Crippen molar-refractivity contribution < 1.29 is 30.0 Å². The van der Waals surface area contributed by atoms with Gasteiger partial charge in [-0.25, -0.2) is 4.98 Å². The van der Waals surface area contributed by atoms with Gasteiger partial charge in [-0.05, 0) is 111 Å². The summed E-state index contributed by atoms with van der Waals surface area (Å²) in [5, 5.41) is 39.8. The van der Waals surface area contributed by atoms with Crippen LogP contribution in [0.15, 0.2) is 24.8 Å².